The van der Waals surface area contributed by atoms with Gasteiger partial charge in [-0.25, -0.2) is 0 Å². The smallest absolute Gasteiger partial charge is 0.161 e. The Morgan fingerprint density at radius 1 is 1.04 bits per heavy atom. The second-order valence-corrected chi connectivity index (χ2v) is 9.52. The van der Waals surface area contributed by atoms with Gasteiger partial charge >= 0.3 is 0 Å². The average Bonchev–Trinajstić information content (AvgIpc) is 2.78. The lowest BCUT2D eigenvalue weighted by Crippen LogP contribution is -2.65. The normalized spacial score (nSPS) is 52.0. The molecule has 0 radical (unpaired) electrons. The van der Waals surface area contributed by atoms with Crippen LogP contribution in [0, 0.1) is 22.7 Å². The Kier molecular flexibility index (Phi) is 3.51. The van der Waals surface area contributed by atoms with Gasteiger partial charge in [-0.15, -0.1) is 0 Å². The van der Waals surface area contributed by atoms with Gasteiger partial charge in [-0.05, 0) is 75.2 Å². The van der Waals surface area contributed by atoms with Gasteiger partial charge in [-0.3, -0.25) is 9.59 Å². The summed E-state index contributed by atoms with van der Waals surface area (Å²) in [5.74, 6) is 0.440. The van der Waals surface area contributed by atoms with E-state index >= 15 is 0 Å². The van der Waals surface area contributed by atoms with Gasteiger partial charge in [0.1, 0.15) is 5.60 Å². The molecule has 0 amide bonds. The fourth-order valence-corrected chi connectivity index (χ4v) is 7.11. The Balaban J connectivity index is 1.76. The van der Waals surface area contributed by atoms with Crippen LogP contribution in [0.5, 0.6) is 0 Å². The zero-order valence-corrected chi connectivity index (χ0v) is 15.6. The van der Waals surface area contributed by atoms with Crippen LogP contribution < -0.4 is 0 Å². The van der Waals surface area contributed by atoms with Crippen molar-refractivity contribution in [3.8, 4) is 0 Å². The van der Waals surface area contributed by atoms with Crippen LogP contribution in [0.2, 0.25) is 0 Å². The molecule has 138 valence electrons. The zero-order valence-electron chi connectivity index (χ0n) is 15.6. The average molecular weight is 346 g/mol. The van der Waals surface area contributed by atoms with Crippen LogP contribution in [-0.2, 0) is 9.59 Å². The summed E-state index contributed by atoms with van der Waals surface area (Å²) < 4.78 is 0. The van der Waals surface area contributed by atoms with Gasteiger partial charge in [0.25, 0.3) is 0 Å². The van der Waals surface area contributed by atoms with Gasteiger partial charge in [0, 0.05) is 11.8 Å². The maximum atomic E-state index is 12.2. The van der Waals surface area contributed by atoms with Crippen LogP contribution in [0.25, 0.3) is 0 Å². The fourth-order valence-electron chi connectivity index (χ4n) is 7.11. The van der Waals surface area contributed by atoms with E-state index in [-0.39, 0.29) is 22.9 Å². The number of Topliss-reactive ketones (excluding diaryl/α,β-unsaturated/α-hetero) is 1. The van der Waals surface area contributed by atoms with Crippen LogP contribution >= 0.6 is 0 Å². The zero-order chi connectivity index (χ0) is 18.3. The molecule has 6 atom stereocenters. The molecule has 0 unspecified atom stereocenters. The fraction of sp³-hybridized carbons (Fsp3) is 0.810. The highest BCUT2D eigenvalue weighted by atomic mass is 16.3. The van der Waals surface area contributed by atoms with Crippen molar-refractivity contribution >= 4 is 11.6 Å². The van der Waals surface area contributed by atoms with Gasteiger partial charge in [-0.2, -0.15) is 0 Å². The molecule has 0 aromatic heterocycles. The molecule has 4 aliphatic rings. The summed E-state index contributed by atoms with van der Waals surface area (Å²) in [4.78, 5) is 24.1. The minimum Gasteiger partial charge on any atom is -0.389 e. The number of carbonyl (C=O) groups is 2. The second kappa shape index (κ2) is 5.04. The summed E-state index contributed by atoms with van der Waals surface area (Å²) in [5, 5.41) is 23.0. The van der Waals surface area contributed by atoms with E-state index in [1.165, 1.54) is 12.5 Å². The van der Waals surface area contributed by atoms with Gasteiger partial charge in [-0.1, -0.05) is 19.4 Å². The molecule has 4 nitrogen and oxygen atoms in total. The highest BCUT2D eigenvalue weighted by Crippen LogP contribution is 2.69. The molecule has 0 saturated heterocycles. The number of rotatable bonds is 1. The molecule has 4 heteroatoms. The van der Waals surface area contributed by atoms with Crippen LogP contribution in [0.4, 0.5) is 0 Å². The highest BCUT2D eigenvalue weighted by Gasteiger charge is 2.72. The summed E-state index contributed by atoms with van der Waals surface area (Å²) in [5.41, 5.74) is -1.93. The molecular formula is C21H30O4. The summed E-state index contributed by atoms with van der Waals surface area (Å²) >= 11 is 0. The van der Waals surface area contributed by atoms with Gasteiger partial charge < -0.3 is 10.2 Å². The summed E-state index contributed by atoms with van der Waals surface area (Å²) in [6.45, 7) is 5.65. The third-order valence-corrected chi connectivity index (χ3v) is 8.88. The third-order valence-electron chi connectivity index (χ3n) is 8.88. The van der Waals surface area contributed by atoms with Crippen molar-refractivity contribution in [1.82, 2.24) is 0 Å². The van der Waals surface area contributed by atoms with Crippen molar-refractivity contribution < 1.29 is 19.8 Å². The van der Waals surface area contributed by atoms with Crippen molar-refractivity contribution in [2.24, 2.45) is 22.7 Å². The lowest BCUT2D eigenvalue weighted by molar-refractivity contribution is -0.216. The number of fused-ring (bicyclic) bond motifs is 5. The first-order chi connectivity index (χ1) is 11.6. The third kappa shape index (κ3) is 1.90. The summed E-state index contributed by atoms with van der Waals surface area (Å²) in [7, 11) is 0. The first-order valence-electron chi connectivity index (χ1n) is 9.78. The molecule has 0 spiro atoms. The monoisotopic (exact) mass is 346 g/mol. The molecule has 3 fully saturated rings. The first-order valence-corrected chi connectivity index (χ1v) is 9.78. The van der Waals surface area contributed by atoms with Crippen molar-refractivity contribution in [3.63, 3.8) is 0 Å². The van der Waals surface area contributed by atoms with E-state index in [1.54, 1.807) is 0 Å². The number of allylic oxidation sites excluding steroid dienone is 1. The molecule has 4 rings (SSSR count). The molecule has 0 heterocycles. The summed E-state index contributed by atoms with van der Waals surface area (Å²) in [6, 6.07) is 0. The number of hydrogen-bond acceptors (Lipinski definition) is 4. The molecule has 25 heavy (non-hydrogen) atoms. The molecule has 2 N–H and O–H groups in total. The lowest BCUT2D eigenvalue weighted by Gasteiger charge is -2.62. The Hall–Kier alpha value is -1.00. The Morgan fingerprint density at radius 3 is 2.44 bits per heavy atom. The van der Waals surface area contributed by atoms with E-state index in [9.17, 15) is 19.8 Å². The number of hydrogen-bond donors (Lipinski definition) is 2. The number of carbonyl (C=O) groups excluding carboxylic acids is 2. The van der Waals surface area contributed by atoms with Crippen LogP contribution in [0.1, 0.15) is 72.1 Å². The lowest BCUT2D eigenvalue weighted by atomic mass is 9.44. The second-order valence-electron chi connectivity index (χ2n) is 9.52. The minimum atomic E-state index is -1.41. The van der Waals surface area contributed by atoms with Gasteiger partial charge in [0.05, 0.1) is 5.60 Å². The van der Waals surface area contributed by atoms with E-state index in [0.29, 0.717) is 31.6 Å². The standard InChI is InChI=1S/C21H30O4/c1-13(22)20(24)10-11-21(25)17-5-4-14-12-15(23)6-8-18(14,2)16(17)7-9-19(20,21)3/h12,16-17,24-25H,4-11H2,1-3H3/t16-,17+,18-,19+,20-,21+/m0/s1. The molecule has 3 saturated carbocycles. The first kappa shape index (κ1) is 17.4. The van der Waals surface area contributed by atoms with Crippen molar-refractivity contribution in [1.29, 1.82) is 0 Å². The molecule has 0 aromatic rings. The summed E-state index contributed by atoms with van der Waals surface area (Å²) in [6.07, 6.45) is 7.43. The highest BCUT2D eigenvalue weighted by molar-refractivity contribution is 5.91. The quantitative estimate of drug-likeness (QED) is 0.765. The molecule has 0 bridgehead atoms. The maximum Gasteiger partial charge on any atom is 0.161 e. The Labute approximate surface area is 149 Å². The van der Waals surface area contributed by atoms with E-state index in [0.717, 1.165) is 25.7 Å². The topological polar surface area (TPSA) is 74.6 Å². The number of ketones is 2. The molecule has 0 aliphatic heterocycles. The predicted molar refractivity (Wildman–Crippen MR) is 93.8 cm³/mol. The molecule has 4 aliphatic carbocycles. The van der Waals surface area contributed by atoms with Gasteiger partial charge in [0.2, 0.25) is 0 Å². The predicted octanol–water partition coefficient (Wildman–Crippen LogP) is 2.95. The maximum absolute atomic E-state index is 12.2. The number of aliphatic hydroxyl groups is 2. The Morgan fingerprint density at radius 2 is 1.76 bits per heavy atom. The molecular weight excluding hydrogens is 316 g/mol. The van der Waals surface area contributed by atoms with Gasteiger partial charge in [0.15, 0.2) is 11.6 Å². The van der Waals surface area contributed by atoms with E-state index in [1.807, 2.05) is 13.0 Å². The van der Waals surface area contributed by atoms with Crippen molar-refractivity contribution in [2.45, 2.75) is 83.3 Å². The van der Waals surface area contributed by atoms with Crippen molar-refractivity contribution in [3.05, 3.63) is 11.6 Å². The van der Waals surface area contributed by atoms with Crippen LogP contribution in [0.3, 0.4) is 0 Å². The molecule has 0 aromatic carbocycles. The van der Waals surface area contributed by atoms with E-state index < -0.39 is 16.6 Å². The van der Waals surface area contributed by atoms with Crippen molar-refractivity contribution in [2.75, 3.05) is 0 Å². The largest absolute Gasteiger partial charge is 0.389 e. The minimum absolute atomic E-state index is 0.0230. The van der Waals surface area contributed by atoms with Crippen LogP contribution in [0.15, 0.2) is 11.6 Å². The Bertz CT molecular complexity index is 681. The van der Waals surface area contributed by atoms with Crippen LogP contribution in [-0.4, -0.2) is 33.0 Å². The SMILES string of the molecule is CC(=O)[C@@]1(O)CC[C@@]2(O)[C@@H]3CCC4=CC(=O)CC[C@]4(C)[C@H]3CC[C@@]21C. The van der Waals surface area contributed by atoms with E-state index in [2.05, 4.69) is 6.92 Å². The van der Waals surface area contributed by atoms with E-state index in [4.69, 9.17) is 0 Å².